The van der Waals surface area contributed by atoms with Crippen LogP contribution in [0.5, 0.6) is 0 Å². The highest BCUT2D eigenvalue weighted by Crippen LogP contribution is 2.30. The van der Waals surface area contributed by atoms with Crippen molar-refractivity contribution in [2.45, 2.75) is 6.18 Å². The molecular formula is C8H3F3N2O5. The zero-order chi connectivity index (χ0) is 14.1. The third-order valence-corrected chi connectivity index (χ3v) is 1.89. The van der Waals surface area contributed by atoms with Crippen LogP contribution in [0.15, 0.2) is 18.2 Å². The zero-order valence-corrected chi connectivity index (χ0v) is 8.30. The number of nitro benzene ring substituents is 2. The number of halogens is 3. The molecule has 0 N–H and O–H groups in total. The van der Waals surface area contributed by atoms with Crippen molar-refractivity contribution in [3.8, 4) is 0 Å². The lowest BCUT2D eigenvalue weighted by atomic mass is 10.1. The molecule has 0 bridgehead atoms. The van der Waals surface area contributed by atoms with Crippen LogP contribution in [0, 0.1) is 20.2 Å². The third kappa shape index (κ3) is 2.59. The van der Waals surface area contributed by atoms with E-state index in [9.17, 15) is 38.2 Å². The van der Waals surface area contributed by atoms with Gasteiger partial charge in [-0.1, -0.05) is 0 Å². The molecule has 0 aliphatic carbocycles. The predicted molar refractivity (Wildman–Crippen MR) is 50.1 cm³/mol. The molecule has 0 aliphatic heterocycles. The monoisotopic (exact) mass is 264 g/mol. The van der Waals surface area contributed by atoms with Gasteiger partial charge >= 0.3 is 6.18 Å². The number of carbonyl (C=O) groups is 1. The summed E-state index contributed by atoms with van der Waals surface area (Å²) in [6, 6.07) is 1.30. The van der Waals surface area contributed by atoms with Crippen molar-refractivity contribution in [2.24, 2.45) is 0 Å². The van der Waals surface area contributed by atoms with Gasteiger partial charge in [-0.05, 0) is 6.07 Å². The second-order valence-corrected chi connectivity index (χ2v) is 3.04. The van der Waals surface area contributed by atoms with Crippen molar-refractivity contribution >= 4 is 17.2 Å². The van der Waals surface area contributed by atoms with E-state index in [1.54, 1.807) is 0 Å². The standard InChI is InChI=1S/C8H3F3N2O5/c9-8(10,11)7(14)5-2-1-4(12(15)16)3-6(5)13(17)18/h1-3H. The SMILES string of the molecule is O=C(c1ccc([N+](=O)[O-])cc1[N+](=O)[O-])C(F)(F)F. The minimum Gasteiger partial charge on any atom is -0.284 e. The first-order chi connectivity index (χ1) is 8.14. The summed E-state index contributed by atoms with van der Waals surface area (Å²) < 4.78 is 36.4. The van der Waals surface area contributed by atoms with Crippen molar-refractivity contribution in [2.75, 3.05) is 0 Å². The van der Waals surface area contributed by atoms with Crippen LogP contribution >= 0.6 is 0 Å². The van der Waals surface area contributed by atoms with E-state index >= 15 is 0 Å². The van der Waals surface area contributed by atoms with Gasteiger partial charge in [0.05, 0.1) is 15.9 Å². The number of hydrogen-bond donors (Lipinski definition) is 0. The van der Waals surface area contributed by atoms with E-state index in [0.29, 0.717) is 18.2 Å². The van der Waals surface area contributed by atoms with E-state index in [2.05, 4.69) is 0 Å². The fourth-order valence-electron chi connectivity index (χ4n) is 1.13. The summed E-state index contributed by atoms with van der Waals surface area (Å²) in [6.45, 7) is 0. The maximum atomic E-state index is 12.1. The van der Waals surface area contributed by atoms with E-state index in [0.717, 1.165) is 0 Å². The van der Waals surface area contributed by atoms with E-state index < -0.39 is 38.7 Å². The van der Waals surface area contributed by atoms with Gasteiger partial charge in [0.1, 0.15) is 5.56 Å². The maximum absolute atomic E-state index is 12.1. The summed E-state index contributed by atoms with van der Waals surface area (Å²) in [5, 5.41) is 20.8. The second kappa shape index (κ2) is 4.39. The van der Waals surface area contributed by atoms with Gasteiger partial charge in [0.25, 0.3) is 17.2 Å². The Labute approximate surface area is 96.1 Å². The van der Waals surface area contributed by atoms with Crippen LogP contribution in [-0.4, -0.2) is 21.8 Å². The Balaban J connectivity index is 3.42. The Morgan fingerprint density at radius 1 is 1.11 bits per heavy atom. The molecule has 10 heteroatoms. The molecule has 96 valence electrons. The molecule has 0 radical (unpaired) electrons. The first kappa shape index (κ1) is 13.5. The van der Waals surface area contributed by atoms with Gasteiger partial charge in [-0.25, -0.2) is 0 Å². The summed E-state index contributed by atoms with van der Waals surface area (Å²) in [7, 11) is 0. The fourth-order valence-corrected chi connectivity index (χ4v) is 1.13. The smallest absolute Gasteiger partial charge is 0.284 e. The minimum atomic E-state index is -5.29. The van der Waals surface area contributed by atoms with Gasteiger partial charge in [0.2, 0.25) is 0 Å². The van der Waals surface area contributed by atoms with Gasteiger partial charge in [-0.15, -0.1) is 0 Å². The lowest BCUT2D eigenvalue weighted by Crippen LogP contribution is -2.23. The number of alkyl halides is 3. The first-order valence-corrected chi connectivity index (χ1v) is 4.19. The molecule has 0 heterocycles. The first-order valence-electron chi connectivity index (χ1n) is 4.19. The van der Waals surface area contributed by atoms with Crippen LogP contribution in [0.1, 0.15) is 10.4 Å². The number of rotatable bonds is 3. The van der Waals surface area contributed by atoms with E-state index in [4.69, 9.17) is 0 Å². The number of benzene rings is 1. The Morgan fingerprint density at radius 3 is 2.06 bits per heavy atom. The van der Waals surface area contributed by atoms with E-state index in [1.807, 2.05) is 0 Å². The number of non-ortho nitro benzene ring substituents is 1. The highest BCUT2D eigenvalue weighted by molar-refractivity contribution is 6.03. The Kier molecular flexibility index (Phi) is 3.30. The van der Waals surface area contributed by atoms with Gasteiger partial charge in [-0.2, -0.15) is 13.2 Å². The topological polar surface area (TPSA) is 103 Å². The number of Topliss-reactive ketones (excluding diaryl/α,β-unsaturated/α-hetero) is 1. The summed E-state index contributed by atoms with van der Waals surface area (Å²) in [5.41, 5.74) is -3.27. The van der Waals surface area contributed by atoms with Gasteiger partial charge in [0, 0.05) is 6.07 Å². The van der Waals surface area contributed by atoms with Crippen molar-refractivity contribution in [1.29, 1.82) is 0 Å². The van der Waals surface area contributed by atoms with Crippen molar-refractivity contribution < 1.29 is 27.8 Å². The maximum Gasteiger partial charge on any atom is 0.455 e. The minimum absolute atomic E-state index is 0.305. The number of carbonyl (C=O) groups excluding carboxylic acids is 1. The fraction of sp³-hybridized carbons (Fsp3) is 0.125. The van der Waals surface area contributed by atoms with Crippen LogP contribution in [0.2, 0.25) is 0 Å². The van der Waals surface area contributed by atoms with Crippen LogP contribution in [0.3, 0.4) is 0 Å². The average molecular weight is 264 g/mol. The Morgan fingerprint density at radius 2 is 1.67 bits per heavy atom. The quantitative estimate of drug-likeness (QED) is 0.473. The Bertz CT molecular complexity index is 540. The van der Waals surface area contributed by atoms with Crippen LogP contribution < -0.4 is 0 Å². The van der Waals surface area contributed by atoms with E-state index in [1.165, 1.54) is 0 Å². The van der Waals surface area contributed by atoms with Gasteiger partial charge in [0.15, 0.2) is 0 Å². The molecule has 0 fully saturated rings. The average Bonchev–Trinajstić information content (AvgIpc) is 2.25. The number of ketones is 1. The zero-order valence-electron chi connectivity index (χ0n) is 8.30. The molecule has 0 atom stereocenters. The van der Waals surface area contributed by atoms with E-state index in [-0.39, 0.29) is 0 Å². The third-order valence-electron chi connectivity index (χ3n) is 1.89. The molecule has 0 aliphatic rings. The normalized spacial score (nSPS) is 11.1. The molecule has 0 saturated heterocycles. The lowest BCUT2D eigenvalue weighted by molar-refractivity contribution is -0.394. The molecule has 1 aromatic carbocycles. The lowest BCUT2D eigenvalue weighted by Gasteiger charge is -2.05. The Hall–Kier alpha value is -2.52. The molecule has 1 aromatic rings. The summed E-state index contributed by atoms with van der Waals surface area (Å²) >= 11 is 0. The molecule has 1 rings (SSSR count). The molecule has 0 unspecified atom stereocenters. The van der Waals surface area contributed by atoms with Crippen molar-refractivity contribution in [1.82, 2.24) is 0 Å². The predicted octanol–water partition coefficient (Wildman–Crippen LogP) is 2.25. The summed E-state index contributed by atoms with van der Waals surface area (Å²) in [6.07, 6.45) is -5.29. The number of nitrogens with zero attached hydrogens (tertiary/aromatic N) is 2. The van der Waals surface area contributed by atoms with Gasteiger partial charge < -0.3 is 0 Å². The largest absolute Gasteiger partial charge is 0.455 e. The number of hydrogen-bond acceptors (Lipinski definition) is 5. The van der Waals surface area contributed by atoms with Crippen LogP contribution in [0.25, 0.3) is 0 Å². The molecule has 7 nitrogen and oxygen atoms in total. The van der Waals surface area contributed by atoms with Crippen LogP contribution in [0.4, 0.5) is 24.5 Å². The van der Waals surface area contributed by atoms with Crippen molar-refractivity contribution in [3.05, 3.63) is 44.0 Å². The summed E-state index contributed by atoms with van der Waals surface area (Å²) in [4.78, 5) is 29.4. The molecule has 0 saturated carbocycles. The molecule has 0 spiro atoms. The van der Waals surface area contributed by atoms with Crippen LogP contribution in [-0.2, 0) is 0 Å². The molecule has 0 aromatic heterocycles. The molecule has 18 heavy (non-hydrogen) atoms. The molecular weight excluding hydrogens is 261 g/mol. The number of nitro groups is 2. The molecule has 0 amide bonds. The summed E-state index contributed by atoms with van der Waals surface area (Å²) in [5.74, 6) is -2.43. The van der Waals surface area contributed by atoms with Crippen molar-refractivity contribution in [3.63, 3.8) is 0 Å². The highest BCUT2D eigenvalue weighted by Gasteiger charge is 2.43. The highest BCUT2D eigenvalue weighted by atomic mass is 19.4. The van der Waals surface area contributed by atoms with Gasteiger partial charge in [-0.3, -0.25) is 25.0 Å². The second-order valence-electron chi connectivity index (χ2n) is 3.04.